The molecule has 4 nitrogen and oxygen atoms in total. The largest absolute Gasteiger partial charge is 0.487 e. The molecule has 2 aromatic rings. The van der Waals surface area contributed by atoms with Gasteiger partial charge in [-0.1, -0.05) is 45.7 Å². The Morgan fingerprint density at radius 3 is 2.64 bits per heavy atom. The van der Waals surface area contributed by atoms with E-state index in [0.29, 0.717) is 16.5 Å². The van der Waals surface area contributed by atoms with Crippen molar-refractivity contribution >= 4 is 50.6 Å². The monoisotopic (exact) mass is 397 g/mol. The predicted octanol–water partition coefficient (Wildman–Crippen LogP) is 3.72. The van der Waals surface area contributed by atoms with Gasteiger partial charge < -0.3 is 10.5 Å². The van der Waals surface area contributed by atoms with Crippen molar-refractivity contribution in [2.45, 2.75) is 0 Å². The lowest BCUT2D eigenvalue weighted by Crippen LogP contribution is -2.27. The molecule has 0 fully saturated rings. The Balaban J connectivity index is 2.16. The van der Waals surface area contributed by atoms with Crippen LogP contribution in [0, 0.1) is 0 Å². The Labute approximate surface area is 147 Å². The number of rotatable bonds is 5. The van der Waals surface area contributed by atoms with E-state index in [1.807, 2.05) is 36.4 Å². The van der Waals surface area contributed by atoms with Crippen molar-refractivity contribution in [2.75, 3.05) is 6.61 Å². The molecule has 0 spiro atoms. The van der Waals surface area contributed by atoms with Gasteiger partial charge in [-0.2, -0.15) is 5.10 Å². The Morgan fingerprint density at radius 1 is 1.27 bits per heavy atom. The van der Waals surface area contributed by atoms with Gasteiger partial charge in [0.25, 0.3) is 0 Å². The van der Waals surface area contributed by atoms with Crippen LogP contribution in [0.4, 0.5) is 0 Å². The van der Waals surface area contributed by atoms with Gasteiger partial charge in [0, 0.05) is 15.1 Å². The van der Waals surface area contributed by atoms with Gasteiger partial charge in [-0.25, -0.2) is 0 Å². The number of hydrogen-bond donors (Lipinski definition) is 2. The minimum atomic E-state index is 0.0948. The summed E-state index contributed by atoms with van der Waals surface area (Å²) in [5.41, 5.74) is 9.57. The first-order chi connectivity index (χ1) is 10.5. The lowest BCUT2D eigenvalue weighted by molar-refractivity contribution is 0.376. The summed E-state index contributed by atoms with van der Waals surface area (Å²) in [6, 6.07) is 14.9. The number of ether oxygens (including phenoxy) is 1. The van der Waals surface area contributed by atoms with Crippen molar-refractivity contribution in [3.63, 3.8) is 0 Å². The van der Waals surface area contributed by atoms with E-state index in [0.717, 1.165) is 10.0 Å². The highest BCUT2D eigenvalue weighted by atomic mass is 79.9. The molecule has 0 saturated carbocycles. The summed E-state index contributed by atoms with van der Waals surface area (Å²) >= 11 is 14.1. The Bertz CT molecular complexity index is 691. The van der Waals surface area contributed by atoms with Crippen molar-refractivity contribution in [1.82, 2.24) is 5.43 Å². The molecule has 0 bridgehead atoms. The summed E-state index contributed by atoms with van der Waals surface area (Å²) in [6.07, 6.45) is 0. The van der Waals surface area contributed by atoms with E-state index in [4.69, 9.17) is 34.3 Å². The molecule has 0 amide bonds. The molecule has 0 atom stereocenters. The lowest BCUT2D eigenvalue weighted by Gasteiger charge is -2.10. The third kappa shape index (κ3) is 5.29. The standard InChI is InChI=1S/C15H13BrClN3OS/c16-11-6-4-10(5-7-11)14(19-20-15(18)22)9-21-13-3-1-2-12(17)8-13/h1-8H,9H2,(H3,18,20,22)/b19-14+. The third-order valence-corrected chi connectivity index (χ3v) is 3.51. The highest BCUT2D eigenvalue weighted by Crippen LogP contribution is 2.18. The number of nitrogens with one attached hydrogen (secondary N) is 1. The van der Waals surface area contributed by atoms with Gasteiger partial charge in [-0.3, -0.25) is 5.43 Å². The number of thiocarbonyl (C=S) groups is 1. The van der Waals surface area contributed by atoms with Crippen molar-refractivity contribution in [1.29, 1.82) is 0 Å². The molecule has 0 aromatic heterocycles. The first kappa shape index (κ1) is 16.7. The van der Waals surface area contributed by atoms with Gasteiger partial charge in [0.2, 0.25) is 0 Å². The quantitative estimate of drug-likeness (QED) is 0.458. The second kappa shape index (κ2) is 8.12. The van der Waals surface area contributed by atoms with Crippen LogP contribution < -0.4 is 15.9 Å². The number of hydrazone groups is 1. The third-order valence-electron chi connectivity index (χ3n) is 2.65. The molecule has 0 radical (unpaired) electrons. The molecular weight excluding hydrogens is 386 g/mol. The maximum Gasteiger partial charge on any atom is 0.184 e. The van der Waals surface area contributed by atoms with Crippen LogP contribution in [0.25, 0.3) is 0 Å². The van der Waals surface area contributed by atoms with E-state index in [1.165, 1.54) is 0 Å². The first-order valence-corrected chi connectivity index (χ1v) is 7.89. The minimum absolute atomic E-state index is 0.0948. The van der Waals surface area contributed by atoms with Crippen molar-refractivity contribution in [3.05, 3.63) is 63.6 Å². The van der Waals surface area contributed by atoms with Gasteiger partial charge in [0.15, 0.2) is 5.11 Å². The van der Waals surface area contributed by atoms with Gasteiger partial charge in [-0.05, 0) is 42.5 Å². The van der Waals surface area contributed by atoms with Gasteiger partial charge >= 0.3 is 0 Å². The number of nitrogens with zero attached hydrogens (tertiary/aromatic N) is 1. The van der Waals surface area contributed by atoms with Crippen LogP contribution in [0.3, 0.4) is 0 Å². The fraction of sp³-hybridized carbons (Fsp3) is 0.0667. The van der Waals surface area contributed by atoms with Gasteiger partial charge in [-0.15, -0.1) is 0 Å². The van der Waals surface area contributed by atoms with Crippen molar-refractivity contribution < 1.29 is 4.74 Å². The molecule has 0 aliphatic rings. The molecule has 114 valence electrons. The normalized spacial score (nSPS) is 11.1. The molecule has 3 N–H and O–H groups in total. The fourth-order valence-electron chi connectivity index (χ4n) is 1.65. The summed E-state index contributed by atoms with van der Waals surface area (Å²) in [5.74, 6) is 0.660. The Hall–Kier alpha value is -1.63. The molecule has 0 unspecified atom stereocenters. The Kier molecular flexibility index (Phi) is 6.18. The van der Waals surface area contributed by atoms with Crippen LogP contribution in [-0.4, -0.2) is 17.4 Å². The Morgan fingerprint density at radius 2 is 2.00 bits per heavy atom. The summed E-state index contributed by atoms with van der Waals surface area (Å²) in [6.45, 7) is 0.248. The summed E-state index contributed by atoms with van der Waals surface area (Å²) in [7, 11) is 0. The molecule has 0 heterocycles. The number of benzene rings is 2. The minimum Gasteiger partial charge on any atom is -0.487 e. The molecule has 0 saturated heterocycles. The molecule has 0 aliphatic carbocycles. The summed E-state index contributed by atoms with van der Waals surface area (Å²) < 4.78 is 6.70. The molecule has 22 heavy (non-hydrogen) atoms. The average Bonchev–Trinajstić information content (AvgIpc) is 2.48. The SMILES string of the molecule is NC(=S)N/N=C(\COc1cccc(Cl)c1)c1ccc(Br)cc1. The summed E-state index contributed by atoms with van der Waals surface area (Å²) in [4.78, 5) is 0. The zero-order chi connectivity index (χ0) is 15.9. The van der Waals surface area contributed by atoms with Crippen LogP contribution in [0.5, 0.6) is 5.75 Å². The highest BCUT2D eigenvalue weighted by Gasteiger charge is 2.06. The summed E-state index contributed by atoms with van der Waals surface area (Å²) in [5, 5.41) is 4.89. The van der Waals surface area contributed by atoms with Gasteiger partial charge in [0.1, 0.15) is 18.1 Å². The highest BCUT2D eigenvalue weighted by molar-refractivity contribution is 9.10. The second-order valence-corrected chi connectivity index (χ2v) is 6.08. The smallest absolute Gasteiger partial charge is 0.184 e. The van der Waals surface area contributed by atoms with Crippen molar-refractivity contribution in [2.24, 2.45) is 10.8 Å². The topological polar surface area (TPSA) is 59.6 Å². The van der Waals surface area contributed by atoms with E-state index >= 15 is 0 Å². The van der Waals surface area contributed by atoms with Crippen LogP contribution in [-0.2, 0) is 0 Å². The second-order valence-electron chi connectivity index (χ2n) is 4.29. The molecular formula is C15H13BrClN3OS. The van der Waals surface area contributed by atoms with Crippen LogP contribution >= 0.6 is 39.7 Å². The average molecular weight is 399 g/mol. The van der Waals surface area contributed by atoms with E-state index in [1.54, 1.807) is 12.1 Å². The van der Waals surface area contributed by atoms with E-state index in [9.17, 15) is 0 Å². The maximum absolute atomic E-state index is 5.94. The van der Waals surface area contributed by atoms with E-state index in [-0.39, 0.29) is 11.7 Å². The van der Waals surface area contributed by atoms with Gasteiger partial charge in [0.05, 0.1) is 0 Å². The molecule has 0 aliphatic heterocycles. The number of halogens is 2. The molecule has 2 aromatic carbocycles. The first-order valence-electron chi connectivity index (χ1n) is 6.31. The molecule has 2 rings (SSSR count). The fourth-order valence-corrected chi connectivity index (χ4v) is 2.14. The number of hydrogen-bond acceptors (Lipinski definition) is 3. The zero-order valence-corrected chi connectivity index (χ0v) is 14.6. The zero-order valence-electron chi connectivity index (χ0n) is 11.4. The van der Waals surface area contributed by atoms with Crippen LogP contribution in [0.2, 0.25) is 5.02 Å². The maximum atomic E-state index is 5.94. The van der Waals surface area contributed by atoms with E-state index < -0.39 is 0 Å². The lowest BCUT2D eigenvalue weighted by atomic mass is 10.1. The van der Waals surface area contributed by atoms with Crippen molar-refractivity contribution in [3.8, 4) is 5.75 Å². The molecule has 7 heteroatoms. The number of nitrogens with two attached hydrogens (primary N) is 1. The van der Waals surface area contributed by atoms with Crippen LogP contribution in [0.1, 0.15) is 5.56 Å². The van der Waals surface area contributed by atoms with E-state index in [2.05, 4.69) is 26.5 Å². The predicted molar refractivity (Wildman–Crippen MR) is 97.5 cm³/mol. The van der Waals surface area contributed by atoms with Crippen LogP contribution in [0.15, 0.2) is 58.1 Å².